The van der Waals surface area contributed by atoms with Crippen LogP contribution in [0.1, 0.15) is 0 Å². The Kier molecular flexibility index (Phi) is 2.66. The van der Waals surface area contributed by atoms with Gasteiger partial charge in [-0.05, 0) is 12.1 Å². The molecule has 0 unspecified atom stereocenters. The highest BCUT2D eigenvalue weighted by Gasteiger charge is 2.23. The maximum atomic E-state index is 5.66. The van der Waals surface area contributed by atoms with E-state index in [9.17, 15) is 0 Å². The van der Waals surface area contributed by atoms with Gasteiger partial charge in [0.05, 0.1) is 12.7 Å². The Morgan fingerprint density at radius 3 is 3.29 bits per heavy atom. The van der Waals surface area contributed by atoms with Crippen LogP contribution in [-0.4, -0.2) is 42.3 Å². The van der Waals surface area contributed by atoms with Crippen LogP contribution in [0.25, 0.3) is 11.2 Å². The average Bonchev–Trinajstić information content (AvgIpc) is 2.82. The van der Waals surface area contributed by atoms with E-state index >= 15 is 0 Å². The van der Waals surface area contributed by atoms with Gasteiger partial charge in [0, 0.05) is 25.8 Å². The number of oxazole rings is 1. The summed E-state index contributed by atoms with van der Waals surface area (Å²) in [5.41, 5.74) is 6.95. The summed E-state index contributed by atoms with van der Waals surface area (Å²) in [6.45, 7) is 2.63. The minimum atomic E-state index is 0.0479. The largest absolute Gasteiger partial charge is 0.422 e. The second kappa shape index (κ2) is 4.31. The minimum Gasteiger partial charge on any atom is -0.422 e. The number of anilines is 1. The van der Waals surface area contributed by atoms with E-state index in [-0.39, 0.29) is 6.10 Å². The first kappa shape index (κ1) is 10.5. The number of ether oxygens (including phenoxy) is 1. The number of nitrogens with zero attached hydrogens (tertiary/aromatic N) is 3. The maximum Gasteiger partial charge on any atom is 0.300 e. The quantitative estimate of drug-likeness (QED) is 0.809. The Bertz CT molecular complexity index is 480. The van der Waals surface area contributed by atoms with Gasteiger partial charge in [-0.2, -0.15) is 4.98 Å². The predicted octanol–water partition coefficient (Wildman–Crippen LogP) is 0.387. The van der Waals surface area contributed by atoms with Gasteiger partial charge in [-0.3, -0.25) is 0 Å². The number of hydrogen-bond donors (Lipinski definition) is 1. The number of nitrogens with two attached hydrogens (primary N) is 1. The van der Waals surface area contributed by atoms with Gasteiger partial charge < -0.3 is 19.8 Å². The first-order valence-corrected chi connectivity index (χ1v) is 5.65. The molecule has 6 heteroatoms. The van der Waals surface area contributed by atoms with Gasteiger partial charge in [0.25, 0.3) is 6.01 Å². The van der Waals surface area contributed by atoms with E-state index in [1.165, 1.54) is 0 Å². The van der Waals surface area contributed by atoms with Gasteiger partial charge in [0.15, 0.2) is 5.58 Å². The van der Waals surface area contributed by atoms with Gasteiger partial charge in [0.2, 0.25) is 5.65 Å². The van der Waals surface area contributed by atoms with Gasteiger partial charge >= 0.3 is 0 Å². The number of aromatic nitrogens is 2. The van der Waals surface area contributed by atoms with Crippen molar-refractivity contribution in [3.63, 3.8) is 0 Å². The number of hydrogen-bond acceptors (Lipinski definition) is 6. The lowest BCUT2D eigenvalue weighted by Gasteiger charge is -2.30. The second-order valence-corrected chi connectivity index (χ2v) is 4.00. The molecule has 90 valence electrons. The molecule has 0 radical (unpaired) electrons. The fourth-order valence-electron chi connectivity index (χ4n) is 1.93. The van der Waals surface area contributed by atoms with E-state index in [0.717, 1.165) is 6.54 Å². The summed E-state index contributed by atoms with van der Waals surface area (Å²) in [6.07, 6.45) is 1.75. The third-order valence-corrected chi connectivity index (χ3v) is 2.83. The molecule has 3 rings (SSSR count). The summed E-state index contributed by atoms with van der Waals surface area (Å²) in [5, 5.41) is 0. The third-order valence-electron chi connectivity index (χ3n) is 2.83. The van der Waals surface area contributed by atoms with E-state index in [1.807, 2.05) is 17.0 Å². The van der Waals surface area contributed by atoms with Gasteiger partial charge in [0.1, 0.15) is 0 Å². The molecule has 6 nitrogen and oxygen atoms in total. The third kappa shape index (κ3) is 1.96. The van der Waals surface area contributed by atoms with Crippen LogP contribution in [0.5, 0.6) is 0 Å². The summed E-state index contributed by atoms with van der Waals surface area (Å²) in [5.74, 6) is 0. The van der Waals surface area contributed by atoms with Crippen molar-refractivity contribution in [3.05, 3.63) is 18.3 Å². The molecule has 1 atom stereocenters. The first-order chi connectivity index (χ1) is 8.36. The number of morpholine rings is 1. The highest BCUT2D eigenvalue weighted by molar-refractivity contribution is 5.69. The predicted molar refractivity (Wildman–Crippen MR) is 62.8 cm³/mol. The van der Waals surface area contributed by atoms with Crippen LogP contribution in [0, 0.1) is 0 Å². The molecule has 3 heterocycles. The van der Waals surface area contributed by atoms with Crippen molar-refractivity contribution < 1.29 is 9.15 Å². The smallest absolute Gasteiger partial charge is 0.300 e. The summed E-state index contributed by atoms with van der Waals surface area (Å²) in [6, 6.07) is 4.29. The van der Waals surface area contributed by atoms with E-state index in [4.69, 9.17) is 14.9 Å². The molecule has 2 N–H and O–H groups in total. The summed E-state index contributed by atoms with van der Waals surface area (Å²) >= 11 is 0. The van der Waals surface area contributed by atoms with Crippen molar-refractivity contribution in [2.24, 2.45) is 5.73 Å². The van der Waals surface area contributed by atoms with Crippen molar-refractivity contribution in [1.82, 2.24) is 9.97 Å². The number of pyridine rings is 1. The van der Waals surface area contributed by atoms with Crippen LogP contribution >= 0.6 is 0 Å². The molecule has 0 aromatic carbocycles. The van der Waals surface area contributed by atoms with Gasteiger partial charge in [-0.25, -0.2) is 4.98 Å². The van der Waals surface area contributed by atoms with Gasteiger partial charge in [-0.1, -0.05) is 0 Å². The van der Waals surface area contributed by atoms with E-state index in [0.29, 0.717) is 36.9 Å². The van der Waals surface area contributed by atoms with Crippen molar-refractivity contribution in [3.8, 4) is 0 Å². The zero-order valence-corrected chi connectivity index (χ0v) is 9.37. The Morgan fingerprint density at radius 2 is 2.47 bits per heavy atom. The first-order valence-electron chi connectivity index (χ1n) is 5.65. The SMILES string of the molecule is NC[C@@H]1CN(c2nc3ncccc3o2)CCO1. The molecule has 17 heavy (non-hydrogen) atoms. The van der Waals surface area contributed by atoms with Crippen molar-refractivity contribution >= 4 is 17.2 Å². The number of rotatable bonds is 2. The Labute approximate surface area is 98.4 Å². The Balaban J connectivity index is 1.87. The molecule has 2 aromatic rings. The highest BCUT2D eigenvalue weighted by Crippen LogP contribution is 2.21. The normalized spacial score (nSPS) is 21.0. The van der Waals surface area contributed by atoms with Gasteiger partial charge in [-0.15, -0.1) is 0 Å². The van der Waals surface area contributed by atoms with Crippen LogP contribution in [0.4, 0.5) is 6.01 Å². The molecular weight excluding hydrogens is 220 g/mol. The standard InChI is InChI=1S/C11H14N4O2/c12-6-8-7-15(4-5-16-8)11-14-10-9(17-11)2-1-3-13-10/h1-3,8H,4-7,12H2/t8-/m1/s1. The zero-order valence-electron chi connectivity index (χ0n) is 9.37. The molecule has 1 aliphatic rings. The molecule has 0 aliphatic carbocycles. The van der Waals surface area contributed by atoms with Crippen LogP contribution in [-0.2, 0) is 4.74 Å². The number of fused-ring (bicyclic) bond motifs is 1. The van der Waals surface area contributed by atoms with Crippen LogP contribution in [0.3, 0.4) is 0 Å². The topological polar surface area (TPSA) is 77.4 Å². The summed E-state index contributed by atoms with van der Waals surface area (Å²) in [7, 11) is 0. The Morgan fingerprint density at radius 1 is 1.53 bits per heavy atom. The molecule has 1 aliphatic heterocycles. The van der Waals surface area contributed by atoms with Crippen LogP contribution in [0.15, 0.2) is 22.7 Å². The molecule has 2 aromatic heterocycles. The van der Waals surface area contributed by atoms with E-state index < -0.39 is 0 Å². The lowest BCUT2D eigenvalue weighted by atomic mass is 10.3. The zero-order chi connectivity index (χ0) is 11.7. The van der Waals surface area contributed by atoms with E-state index in [2.05, 4.69) is 9.97 Å². The summed E-state index contributed by atoms with van der Waals surface area (Å²) < 4.78 is 11.2. The second-order valence-electron chi connectivity index (χ2n) is 4.00. The lowest BCUT2D eigenvalue weighted by Crippen LogP contribution is -2.45. The lowest BCUT2D eigenvalue weighted by molar-refractivity contribution is 0.0449. The van der Waals surface area contributed by atoms with Crippen LogP contribution in [0.2, 0.25) is 0 Å². The molecule has 0 amide bonds. The fourth-order valence-corrected chi connectivity index (χ4v) is 1.93. The van der Waals surface area contributed by atoms with Crippen LogP contribution < -0.4 is 10.6 Å². The maximum absolute atomic E-state index is 5.66. The fraction of sp³-hybridized carbons (Fsp3) is 0.455. The highest BCUT2D eigenvalue weighted by atomic mass is 16.5. The molecule has 1 fully saturated rings. The molecular formula is C11H14N4O2. The minimum absolute atomic E-state index is 0.0479. The molecule has 1 saturated heterocycles. The van der Waals surface area contributed by atoms with E-state index in [1.54, 1.807) is 6.20 Å². The Hall–Kier alpha value is -1.66. The summed E-state index contributed by atoms with van der Waals surface area (Å²) in [4.78, 5) is 10.5. The molecule has 0 bridgehead atoms. The average molecular weight is 234 g/mol. The molecule has 0 spiro atoms. The van der Waals surface area contributed by atoms with Crippen molar-refractivity contribution in [1.29, 1.82) is 0 Å². The molecule has 0 saturated carbocycles. The monoisotopic (exact) mass is 234 g/mol. The van der Waals surface area contributed by atoms with Crippen molar-refractivity contribution in [2.75, 3.05) is 31.1 Å². The van der Waals surface area contributed by atoms with Crippen molar-refractivity contribution in [2.45, 2.75) is 6.10 Å².